The molecule has 0 aliphatic carbocycles. The van der Waals surface area contributed by atoms with Crippen molar-refractivity contribution in [3.8, 4) is 0 Å². The summed E-state index contributed by atoms with van der Waals surface area (Å²) in [5.74, 6) is -0.145. The Bertz CT molecular complexity index is 211. The zero-order chi connectivity index (χ0) is 12.4. The van der Waals surface area contributed by atoms with E-state index in [-0.39, 0.29) is 5.91 Å². The van der Waals surface area contributed by atoms with Crippen molar-refractivity contribution in [3.63, 3.8) is 0 Å². The summed E-state index contributed by atoms with van der Waals surface area (Å²) in [6, 6.07) is 0.750. The van der Waals surface area contributed by atoms with Gasteiger partial charge in [-0.3, -0.25) is 4.79 Å². The van der Waals surface area contributed by atoms with Gasteiger partial charge in [-0.25, -0.2) is 0 Å². The lowest BCUT2D eigenvalue weighted by Crippen LogP contribution is -2.42. The molecule has 0 spiro atoms. The second-order valence-electron chi connectivity index (χ2n) is 3.25. The van der Waals surface area contributed by atoms with Crippen molar-refractivity contribution >= 4 is 14.7 Å². The topological polar surface area (TPSA) is 56.8 Å². The van der Waals surface area contributed by atoms with Crippen LogP contribution >= 0.6 is 0 Å². The van der Waals surface area contributed by atoms with Crippen LogP contribution in [0.2, 0.25) is 6.04 Å². The number of carbonyl (C=O) groups excluding carboxylic acids is 1. The second-order valence-corrected chi connectivity index (χ2v) is 6.34. The van der Waals surface area contributed by atoms with Crippen LogP contribution in [-0.4, -0.2) is 42.6 Å². The molecule has 0 fully saturated rings. The molecule has 0 saturated heterocycles. The molecule has 0 atom stereocenters. The van der Waals surface area contributed by atoms with Crippen LogP contribution in [-0.2, 0) is 18.1 Å². The van der Waals surface area contributed by atoms with Crippen LogP contribution in [0.15, 0.2) is 12.7 Å². The van der Waals surface area contributed by atoms with Gasteiger partial charge in [-0.2, -0.15) is 0 Å². The van der Waals surface area contributed by atoms with Gasteiger partial charge in [-0.05, 0) is 18.9 Å². The highest BCUT2D eigenvalue weighted by molar-refractivity contribution is 6.60. The van der Waals surface area contributed by atoms with E-state index in [1.807, 2.05) is 0 Å². The van der Waals surface area contributed by atoms with Crippen molar-refractivity contribution in [2.24, 2.45) is 0 Å². The Balaban J connectivity index is 3.71. The molecule has 0 saturated carbocycles. The fourth-order valence-electron chi connectivity index (χ4n) is 1.31. The molecular weight excluding hydrogens is 226 g/mol. The SMILES string of the molecule is C=CC(=O)NCCCC[Si](OC)(OC)OC. The fraction of sp³-hybridized carbons (Fsp3) is 0.700. The molecule has 0 unspecified atom stereocenters. The van der Waals surface area contributed by atoms with Gasteiger partial charge >= 0.3 is 8.80 Å². The van der Waals surface area contributed by atoms with Crippen molar-refractivity contribution in [2.45, 2.75) is 18.9 Å². The van der Waals surface area contributed by atoms with E-state index in [9.17, 15) is 4.79 Å². The first-order chi connectivity index (χ1) is 7.64. The number of hydrogen-bond donors (Lipinski definition) is 1. The maximum absolute atomic E-state index is 10.8. The van der Waals surface area contributed by atoms with E-state index >= 15 is 0 Å². The van der Waals surface area contributed by atoms with Crippen molar-refractivity contribution in [3.05, 3.63) is 12.7 Å². The molecule has 0 aliphatic heterocycles. The Morgan fingerprint density at radius 2 is 1.81 bits per heavy atom. The van der Waals surface area contributed by atoms with E-state index in [1.165, 1.54) is 6.08 Å². The Morgan fingerprint density at radius 1 is 1.25 bits per heavy atom. The summed E-state index contributed by atoms with van der Waals surface area (Å²) in [5, 5.41) is 2.71. The van der Waals surface area contributed by atoms with E-state index in [1.54, 1.807) is 21.3 Å². The number of rotatable bonds is 9. The lowest BCUT2D eigenvalue weighted by molar-refractivity contribution is -0.116. The Labute approximate surface area is 98.1 Å². The van der Waals surface area contributed by atoms with Crippen molar-refractivity contribution in [1.29, 1.82) is 0 Å². The number of nitrogens with one attached hydrogen (secondary N) is 1. The van der Waals surface area contributed by atoms with Crippen LogP contribution in [0.25, 0.3) is 0 Å². The number of amides is 1. The summed E-state index contributed by atoms with van der Waals surface area (Å²) in [4.78, 5) is 10.8. The highest BCUT2D eigenvalue weighted by Gasteiger charge is 2.36. The molecule has 1 N–H and O–H groups in total. The molecule has 0 aromatic rings. The minimum Gasteiger partial charge on any atom is -0.377 e. The Kier molecular flexibility index (Phi) is 8.09. The normalized spacial score (nSPS) is 11.2. The summed E-state index contributed by atoms with van der Waals surface area (Å²) in [7, 11) is 2.35. The lowest BCUT2D eigenvalue weighted by Gasteiger charge is -2.24. The maximum Gasteiger partial charge on any atom is 0.500 e. The number of hydrogen-bond acceptors (Lipinski definition) is 4. The van der Waals surface area contributed by atoms with Gasteiger partial charge in [0, 0.05) is 33.9 Å². The molecule has 0 aromatic heterocycles. The quantitative estimate of drug-likeness (QED) is 0.374. The summed E-state index contributed by atoms with van der Waals surface area (Å²) in [6.45, 7) is 4.00. The monoisotopic (exact) mass is 247 g/mol. The standard InChI is InChI=1S/C10H21NO4Si/c1-5-10(12)11-8-6-7-9-16(13-2,14-3)15-4/h5H,1,6-9H2,2-4H3,(H,11,12). The van der Waals surface area contributed by atoms with Gasteiger partial charge < -0.3 is 18.6 Å². The second kappa shape index (κ2) is 8.46. The Morgan fingerprint density at radius 3 is 2.25 bits per heavy atom. The van der Waals surface area contributed by atoms with Crippen LogP contribution in [0, 0.1) is 0 Å². The van der Waals surface area contributed by atoms with Crippen LogP contribution in [0.4, 0.5) is 0 Å². The molecule has 0 aromatic carbocycles. The lowest BCUT2D eigenvalue weighted by atomic mass is 10.3. The predicted octanol–water partition coefficient (Wildman–Crippen LogP) is 0.947. The maximum atomic E-state index is 10.8. The first kappa shape index (κ1) is 15.3. The van der Waals surface area contributed by atoms with E-state index < -0.39 is 8.80 Å². The summed E-state index contributed by atoms with van der Waals surface area (Å²) >= 11 is 0. The van der Waals surface area contributed by atoms with E-state index in [0.29, 0.717) is 6.54 Å². The van der Waals surface area contributed by atoms with Crippen LogP contribution in [0.5, 0.6) is 0 Å². The van der Waals surface area contributed by atoms with Gasteiger partial charge in [0.2, 0.25) is 5.91 Å². The molecule has 94 valence electrons. The average Bonchev–Trinajstić information content (AvgIpc) is 2.34. The molecule has 6 heteroatoms. The molecular formula is C10H21NO4Si. The molecule has 0 radical (unpaired) electrons. The van der Waals surface area contributed by atoms with Gasteiger partial charge in [-0.1, -0.05) is 6.58 Å². The zero-order valence-electron chi connectivity index (χ0n) is 10.2. The van der Waals surface area contributed by atoms with Gasteiger partial charge in [0.1, 0.15) is 0 Å². The van der Waals surface area contributed by atoms with Crippen LogP contribution in [0.1, 0.15) is 12.8 Å². The third kappa shape index (κ3) is 5.41. The van der Waals surface area contributed by atoms with Crippen molar-refractivity contribution in [1.82, 2.24) is 5.32 Å². The van der Waals surface area contributed by atoms with Crippen LogP contribution in [0.3, 0.4) is 0 Å². The molecule has 0 rings (SSSR count). The summed E-state index contributed by atoms with van der Waals surface area (Å²) in [6.07, 6.45) is 3.02. The van der Waals surface area contributed by atoms with Gasteiger partial charge in [0.15, 0.2) is 0 Å². The van der Waals surface area contributed by atoms with Crippen LogP contribution < -0.4 is 5.32 Å². The predicted molar refractivity (Wildman–Crippen MR) is 64.0 cm³/mol. The van der Waals surface area contributed by atoms with Gasteiger partial charge in [0.25, 0.3) is 0 Å². The Hall–Kier alpha value is -0.693. The molecule has 0 heterocycles. The summed E-state index contributed by atoms with van der Waals surface area (Å²) in [5.41, 5.74) is 0. The first-order valence-electron chi connectivity index (χ1n) is 5.20. The van der Waals surface area contributed by atoms with Gasteiger partial charge in [0.05, 0.1) is 0 Å². The van der Waals surface area contributed by atoms with Gasteiger partial charge in [-0.15, -0.1) is 0 Å². The van der Waals surface area contributed by atoms with Crippen molar-refractivity contribution < 1.29 is 18.1 Å². The smallest absolute Gasteiger partial charge is 0.377 e. The highest BCUT2D eigenvalue weighted by atomic mass is 28.4. The highest BCUT2D eigenvalue weighted by Crippen LogP contribution is 2.15. The minimum atomic E-state index is -2.44. The average molecular weight is 247 g/mol. The molecule has 0 aliphatic rings. The minimum absolute atomic E-state index is 0.145. The summed E-state index contributed by atoms with van der Waals surface area (Å²) < 4.78 is 15.8. The molecule has 5 nitrogen and oxygen atoms in total. The number of unbranched alkanes of at least 4 members (excludes halogenated alkanes) is 1. The van der Waals surface area contributed by atoms with Crippen molar-refractivity contribution in [2.75, 3.05) is 27.9 Å². The van der Waals surface area contributed by atoms with E-state index in [2.05, 4.69) is 11.9 Å². The number of carbonyl (C=O) groups is 1. The third-order valence-corrected chi connectivity index (χ3v) is 5.16. The molecule has 16 heavy (non-hydrogen) atoms. The molecule has 1 amide bonds. The van der Waals surface area contributed by atoms with E-state index in [4.69, 9.17) is 13.3 Å². The largest absolute Gasteiger partial charge is 0.500 e. The molecule has 0 bridgehead atoms. The third-order valence-electron chi connectivity index (χ3n) is 2.33. The first-order valence-corrected chi connectivity index (χ1v) is 7.13. The zero-order valence-corrected chi connectivity index (χ0v) is 11.2. The fourth-order valence-corrected chi connectivity index (χ4v) is 3.10. The van der Waals surface area contributed by atoms with E-state index in [0.717, 1.165) is 18.9 Å².